The number of aromatic carboxylic acids is 1. The number of benzene rings is 1. The second-order valence-corrected chi connectivity index (χ2v) is 4.53. The zero-order valence-electron chi connectivity index (χ0n) is 10.7. The third-order valence-electron chi connectivity index (χ3n) is 3.24. The van der Waals surface area contributed by atoms with Crippen LogP contribution in [0.4, 0.5) is 0 Å². The Hall–Kier alpha value is -2.69. The molecule has 0 saturated carbocycles. The first kappa shape index (κ1) is 12.3. The normalized spacial score (nSPS) is 10.8. The summed E-state index contributed by atoms with van der Waals surface area (Å²) in [5, 5.41) is 9.14. The zero-order chi connectivity index (χ0) is 13.9. The Morgan fingerprint density at radius 3 is 2.90 bits per heavy atom. The number of hydrogen-bond donors (Lipinski definition) is 1. The Bertz CT molecular complexity index is 750. The number of rotatable bonds is 4. The highest BCUT2D eigenvalue weighted by Gasteiger charge is 2.12. The molecule has 1 N–H and O–H groups in total. The van der Waals surface area contributed by atoms with E-state index >= 15 is 0 Å². The van der Waals surface area contributed by atoms with E-state index in [2.05, 4.69) is 9.97 Å². The lowest BCUT2D eigenvalue weighted by Gasteiger charge is -2.04. The fourth-order valence-electron chi connectivity index (χ4n) is 2.23. The molecule has 1 aromatic carbocycles. The highest BCUT2D eigenvalue weighted by atomic mass is 16.4. The van der Waals surface area contributed by atoms with Crippen LogP contribution in [0.5, 0.6) is 0 Å². The van der Waals surface area contributed by atoms with Crippen LogP contribution >= 0.6 is 0 Å². The van der Waals surface area contributed by atoms with Gasteiger partial charge >= 0.3 is 5.97 Å². The molecule has 0 aliphatic carbocycles. The van der Waals surface area contributed by atoms with Gasteiger partial charge in [0.2, 0.25) is 0 Å². The van der Waals surface area contributed by atoms with Gasteiger partial charge in [-0.2, -0.15) is 0 Å². The molecule has 0 aliphatic heterocycles. The van der Waals surface area contributed by atoms with Crippen LogP contribution in [-0.4, -0.2) is 25.6 Å². The molecule has 0 radical (unpaired) electrons. The largest absolute Gasteiger partial charge is 0.478 e. The van der Waals surface area contributed by atoms with E-state index in [0.717, 1.165) is 24.0 Å². The third kappa shape index (κ3) is 2.25. The molecule has 100 valence electrons. The van der Waals surface area contributed by atoms with Gasteiger partial charge in [-0.25, -0.2) is 9.78 Å². The molecule has 3 aromatic rings. The van der Waals surface area contributed by atoms with Gasteiger partial charge in [-0.1, -0.05) is 12.1 Å². The average Bonchev–Trinajstić information content (AvgIpc) is 2.89. The minimum absolute atomic E-state index is 0.239. The third-order valence-corrected chi connectivity index (χ3v) is 3.24. The van der Waals surface area contributed by atoms with Crippen LogP contribution in [0, 0.1) is 0 Å². The summed E-state index contributed by atoms with van der Waals surface area (Å²) in [5.74, 6) is -0.951. The summed E-state index contributed by atoms with van der Waals surface area (Å²) >= 11 is 0. The topological polar surface area (TPSA) is 68.0 Å². The van der Waals surface area contributed by atoms with Crippen LogP contribution in [0.3, 0.4) is 0 Å². The molecule has 5 heteroatoms. The lowest BCUT2D eigenvalue weighted by molar-refractivity contribution is 0.0699. The molecule has 0 aliphatic rings. The van der Waals surface area contributed by atoms with E-state index in [9.17, 15) is 4.79 Å². The Morgan fingerprint density at radius 2 is 2.15 bits per heavy atom. The first-order valence-electron chi connectivity index (χ1n) is 6.32. The highest BCUT2D eigenvalue weighted by Crippen LogP contribution is 2.18. The summed E-state index contributed by atoms with van der Waals surface area (Å²) in [6.07, 6.45) is 6.10. The quantitative estimate of drug-likeness (QED) is 0.788. The van der Waals surface area contributed by atoms with Gasteiger partial charge in [0.05, 0.1) is 17.4 Å². The molecule has 2 heterocycles. The molecule has 5 nitrogen and oxygen atoms in total. The molecule has 0 spiro atoms. The number of fused-ring (bicyclic) bond motifs is 1. The molecule has 0 amide bonds. The van der Waals surface area contributed by atoms with Crippen molar-refractivity contribution < 1.29 is 9.90 Å². The van der Waals surface area contributed by atoms with Crippen LogP contribution in [0.25, 0.3) is 11.0 Å². The van der Waals surface area contributed by atoms with Crippen molar-refractivity contribution in [2.75, 3.05) is 0 Å². The molecule has 0 bridgehead atoms. The van der Waals surface area contributed by atoms with E-state index in [1.807, 2.05) is 29.0 Å². The molecule has 3 rings (SSSR count). The minimum Gasteiger partial charge on any atom is -0.478 e. The first-order valence-corrected chi connectivity index (χ1v) is 6.32. The summed E-state index contributed by atoms with van der Waals surface area (Å²) in [5.41, 5.74) is 2.76. The Morgan fingerprint density at radius 1 is 1.25 bits per heavy atom. The molecular weight excluding hydrogens is 254 g/mol. The Balaban J connectivity index is 1.90. The number of aromatic nitrogens is 3. The number of carbonyl (C=O) groups is 1. The number of imidazole rings is 1. The van der Waals surface area contributed by atoms with Gasteiger partial charge in [0, 0.05) is 18.9 Å². The van der Waals surface area contributed by atoms with E-state index in [0.29, 0.717) is 5.52 Å². The Labute approximate surface area is 115 Å². The second kappa shape index (κ2) is 5.13. The van der Waals surface area contributed by atoms with E-state index in [1.54, 1.807) is 24.7 Å². The van der Waals surface area contributed by atoms with Crippen LogP contribution in [0.2, 0.25) is 0 Å². The minimum atomic E-state index is -0.951. The van der Waals surface area contributed by atoms with Crippen molar-refractivity contribution in [3.05, 3.63) is 60.2 Å². The smallest absolute Gasteiger partial charge is 0.337 e. The van der Waals surface area contributed by atoms with Crippen molar-refractivity contribution in [3.8, 4) is 0 Å². The standard InChI is InChI=1S/C15H13N3O2/c19-15(20)12-4-1-5-13-14(12)17-10-18(13)8-6-11-3-2-7-16-9-11/h1-5,7,9-10H,6,8H2,(H,19,20). The van der Waals surface area contributed by atoms with Crippen molar-refractivity contribution in [1.82, 2.24) is 14.5 Å². The first-order chi connectivity index (χ1) is 9.75. The fraction of sp³-hybridized carbons (Fsp3) is 0.133. The van der Waals surface area contributed by atoms with Crippen LogP contribution < -0.4 is 0 Å². The molecule has 0 atom stereocenters. The molecule has 0 saturated heterocycles. The van der Waals surface area contributed by atoms with Gasteiger partial charge in [0.25, 0.3) is 0 Å². The fourth-order valence-corrected chi connectivity index (χ4v) is 2.23. The van der Waals surface area contributed by atoms with Gasteiger partial charge in [-0.05, 0) is 30.2 Å². The van der Waals surface area contributed by atoms with E-state index in [-0.39, 0.29) is 5.56 Å². The molecule has 0 unspecified atom stereocenters. The summed E-state index contributed by atoms with van der Waals surface area (Å²) < 4.78 is 1.97. The van der Waals surface area contributed by atoms with Crippen molar-refractivity contribution in [2.45, 2.75) is 13.0 Å². The van der Waals surface area contributed by atoms with Gasteiger partial charge in [0.1, 0.15) is 5.52 Å². The number of nitrogens with zero attached hydrogens (tertiary/aromatic N) is 3. The van der Waals surface area contributed by atoms with E-state index in [1.165, 1.54) is 0 Å². The summed E-state index contributed by atoms with van der Waals surface area (Å²) in [6, 6.07) is 9.13. The van der Waals surface area contributed by atoms with Crippen molar-refractivity contribution in [1.29, 1.82) is 0 Å². The lowest BCUT2D eigenvalue weighted by Crippen LogP contribution is -2.01. The maximum absolute atomic E-state index is 11.1. The van der Waals surface area contributed by atoms with Crippen LogP contribution in [0.15, 0.2) is 49.1 Å². The van der Waals surface area contributed by atoms with Gasteiger partial charge in [0.15, 0.2) is 0 Å². The van der Waals surface area contributed by atoms with Crippen LogP contribution in [0.1, 0.15) is 15.9 Å². The van der Waals surface area contributed by atoms with Gasteiger partial charge < -0.3 is 9.67 Å². The Kier molecular flexibility index (Phi) is 3.16. The van der Waals surface area contributed by atoms with Crippen molar-refractivity contribution >= 4 is 17.0 Å². The second-order valence-electron chi connectivity index (χ2n) is 4.53. The number of para-hydroxylation sites is 1. The maximum Gasteiger partial charge on any atom is 0.337 e. The number of carboxylic acids is 1. The molecule has 0 fully saturated rings. The predicted octanol–water partition coefficient (Wildman–Crippen LogP) is 2.37. The number of aryl methyl sites for hydroxylation is 2. The highest BCUT2D eigenvalue weighted by molar-refractivity contribution is 6.00. The summed E-state index contributed by atoms with van der Waals surface area (Å²) in [6.45, 7) is 0.741. The van der Waals surface area contributed by atoms with Crippen molar-refractivity contribution in [3.63, 3.8) is 0 Å². The van der Waals surface area contributed by atoms with Gasteiger partial charge in [-0.3, -0.25) is 4.98 Å². The number of pyridine rings is 1. The summed E-state index contributed by atoms with van der Waals surface area (Å²) in [4.78, 5) is 19.4. The molecule has 2 aromatic heterocycles. The lowest BCUT2D eigenvalue weighted by atomic mass is 10.2. The monoisotopic (exact) mass is 267 g/mol. The van der Waals surface area contributed by atoms with E-state index < -0.39 is 5.97 Å². The van der Waals surface area contributed by atoms with Gasteiger partial charge in [-0.15, -0.1) is 0 Å². The van der Waals surface area contributed by atoms with Crippen LogP contribution in [-0.2, 0) is 13.0 Å². The molecular formula is C15H13N3O2. The maximum atomic E-state index is 11.1. The predicted molar refractivity (Wildman–Crippen MR) is 74.6 cm³/mol. The zero-order valence-corrected chi connectivity index (χ0v) is 10.7. The summed E-state index contributed by atoms with van der Waals surface area (Å²) in [7, 11) is 0. The number of hydrogen-bond acceptors (Lipinski definition) is 3. The van der Waals surface area contributed by atoms with E-state index in [4.69, 9.17) is 5.11 Å². The average molecular weight is 267 g/mol. The molecule has 20 heavy (non-hydrogen) atoms. The van der Waals surface area contributed by atoms with Crippen molar-refractivity contribution in [2.24, 2.45) is 0 Å². The number of carboxylic acid groups (broad SMARTS) is 1. The SMILES string of the molecule is O=C(O)c1cccc2c1ncn2CCc1cccnc1.